The lowest BCUT2D eigenvalue weighted by Crippen LogP contribution is -2.46. The molecule has 0 amide bonds. The quantitative estimate of drug-likeness (QED) is 0.545. The van der Waals surface area contributed by atoms with Gasteiger partial charge in [-0.05, 0) is 36.4 Å². The van der Waals surface area contributed by atoms with E-state index in [1.807, 2.05) is 18.2 Å². The third kappa shape index (κ3) is 3.02. The first-order valence-electron chi connectivity index (χ1n) is 9.15. The molecule has 7 heteroatoms. The number of methoxy groups -OCH3 is 1. The second kappa shape index (κ2) is 6.83. The van der Waals surface area contributed by atoms with Gasteiger partial charge in [-0.1, -0.05) is 12.1 Å². The monoisotopic (exact) mass is 379 g/mol. The maximum Gasteiger partial charge on any atom is 0.214 e. The minimum absolute atomic E-state index is 0.858. The summed E-state index contributed by atoms with van der Waals surface area (Å²) in [4.78, 5) is 10.6. The Hall–Kier alpha value is -2.64. The summed E-state index contributed by atoms with van der Waals surface area (Å²) in [6.45, 7) is 4.95. The zero-order valence-electron chi connectivity index (χ0n) is 15.2. The largest absolute Gasteiger partial charge is 0.497 e. The van der Waals surface area contributed by atoms with E-state index in [1.54, 1.807) is 7.11 Å². The summed E-state index contributed by atoms with van der Waals surface area (Å²) in [5.74, 6) is 1.99. The Morgan fingerprint density at radius 1 is 1.00 bits per heavy atom. The number of hydrogen-bond donors (Lipinski definition) is 0. The van der Waals surface area contributed by atoms with Crippen LogP contribution < -0.4 is 9.64 Å². The highest BCUT2D eigenvalue weighted by molar-refractivity contribution is 7.11. The molecule has 27 heavy (non-hydrogen) atoms. The molecule has 0 saturated carbocycles. The Bertz CT molecular complexity index is 1060. The molecule has 1 fully saturated rings. The summed E-state index contributed by atoms with van der Waals surface area (Å²) in [6, 6.07) is 16.6. The van der Waals surface area contributed by atoms with E-state index in [0.717, 1.165) is 60.3 Å². The van der Waals surface area contributed by atoms with Crippen molar-refractivity contribution in [1.29, 1.82) is 0 Å². The zero-order valence-corrected chi connectivity index (χ0v) is 16.0. The lowest BCUT2D eigenvalue weighted by molar-refractivity contribution is 0.244. The number of aromatic nitrogens is 3. The van der Waals surface area contributed by atoms with Crippen molar-refractivity contribution in [3.05, 3.63) is 54.4 Å². The number of anilines is 1. The van der Waals surface area contributed by atoms with Crippen molar-refractivity contribution in [1.82, 2.24) is 18.7 Å². The van der Waals surface area contributed by atoms with Crippen LogP contribution in [0.1, 0.15) is 5.82 Å². The molecule has 4 aromatic rings. The number of rotatable bonds is 4. The van der Waals surface area contributed by atoms with Crippen LogP contribution in [-0.4, -0.2) is 51.9 Å². The molecule has 0 bridgehead atoms. The molecule has 5 rings (SSSR count). The second-order valence-electron chi connectivity index (χ2n) is 6.78. The summed E-state index contributed by atoms with van der Waals surface area (Å²) in [5.41, 5.74) is 3.44. The first-order valence-corrected chi connectivity index (χ1v) is 9.92. The number of piperazine rings is 1. The maximum absolute atomic E-state index is 5.25. The highest BCUT2D eigenvalue weighted by atomic mass is 32.1. The minimum Gasteiger partial charge on any atom is -0.497 e. The van der Waals surface area contributed by atoms with Crippen molar-refractivity contribution < 1.29 is 4.74 Å². The van der Waals surface area contributed by atoms with Gasteiger partial charge in [0.2, 0.25) is 4.96 Å². The lowest BCUT2D eigenvalue weighted by atomic mass is 10.2. The van der Waals surface area contributed by atoms with Crippen LogP contribution >= 0.6 is 11.5 Å². The molecule has 0 atom stereocenters. The van der Waals surface area contributed by atoms with Crippen LogP contribution in [0.2, 0.25) is 0 Å². The number of ether oxygens (including phenoxy) is 1. The fourth-order valence-corrected chi connectivity index (χ4v) is 4.46. The van der Waals surface area contributed by atoms with E-state index < -0.39 is 0 Å². The van der Waals surface area contributed by atoms with E-state index >= 15 is 0 Å². The second-order valence-corrected chi connectivity index (χ2v) is 7.51. The van der Waals surface area contributed by atoms with Gasteiger partial charge in [0.1, 0.15) is 11.6 Å². The van der Waals surface area contributed by atoms with Gasteiger partial charge >= 0.3 is 0 Å². The Morgan fingerprint density at radius 3 is 2.56 bits per heavy atom. The molecule has 3 heterocycles. The molecule has 0 N–H and O–H groups in total. The molecule has 1 aliphatic rings. The van der Waals surface area contributed by atoms with Crippen LogP contribution in [0.4, 0.5) is 5.69 Å². The molecule has 0 aliphatic carbocycles. The predicted molar refractivity (Wildman–Crippen MR) is 109 cm³/mol. The summed E-state index contributed by atoms with van der Waals surface area (Å²) < 4.78 is 12.1. The minimum atomic E-state index is 0.858. The van der Waals surface area contributed by atoms with Crippen molar-refractivity contribution >= 4 is 33.2 Å². The number of fused-ring (bicyclic) bond motifs is 3. The van der Waals surface area contributed by atoms with E-state index in [0.29, 0.717) is 0 Å². The smallest absolute Gasteiger partial charge is 0.214 e. The van der Waals surface area contributed by atoms with Crippen LogP contribution in [0.25, 0.3) is 16.0 Å². The van der Waals surface area contributed by atoms with Gasteiger partial charge in [-0.2, -0.15) is 4.37 Å². The van der Waals surface area contributed by atoms with Crippen molar-refractivity contribution in [2.45, 2.75) is 6.54 Å². The number of nitrogens with zero attached hydrogens (tertiary/aromatic N) is 5. The van der Waals surface area contributed by atoms with Crippen molar-refractivity contribution in [3.8, 4) is 5.75 Å². The fraction of sp³-hybridized carbons (Fsp3) is 0.300. The zero-order chi connectivity index (χ0) is 18.2. The molecule has 2 aromatic carbocycles. The maximum atomic E-state index is 5.25. The van der Waals surface area contributed by atoms with Gasteiger partial charge in [-0.15, -0.1) is 0 Å². The number of hydrogen-bond acceptors (Lipinski definition) is 6. The molecule has 0 spiro atoms. The average molecular weight is 379 g/mol. The number of para-hydroxylation sites is 2. The molecule has 6 nitrogen and oxygen atoms in total. The van der Waals surface area contributed by atoms with Crippen LogP contribution in [0.3, 0.4) is 0 Å². The van der Waals surface area contributed by atoms with E-state index in [9.17, 15) is 0 Å². The molecule has 1 saturated heterocycles. The van der Waals surface area contributed by atoms with Gasteiger partial charge in [0.05, 0.1) is 24.7 Å². The van der Waals surface area contributed by atoms with E-state index in [2.05, 4.69) is 53.9 Å². The van der Waals surface area contributed by atoms with Gasteiger partial charge in [-0.25, -0.2) is 4.98 Å². The highest BCUT2D eigenvalue weighted by Gasteiger charge is 2.20. The normalized spacial score (nSPS) is 15.7. The predicted octanol–water partition coefficient (Wildman–Crippen LogP) is 3.27. The Morgan fingerprint density at radius 2 is 1.78 bits per heavy atom. The van der Waals surface area contributed by atoms with Gasteiger partial charge < -0.3 is 9.64 Å². The van der Waals surface area contributed by atoms with Gasteiger partial charge in [0, 0.05) is 43.4 Å². The molecular weight excluding hydrogens is 358 g/mol. The third-order valence-corrected chi connectivity index (χ3v) is 5.93. The highest BCUT2D eigenvalue weighted by Crippen LogP contribution is 2.23. The van der Waals surface area contributed by atoms with Crippen LogP contribution in [0, 0.1) is 0 Å². The average Bonchev–Trinajstić information content (AvgIpc) is 3.28. The standard InChI is InChI=1S/C20H21N5OS/c1-26-16-8-6-15(7-9-16)24-12-10-23(11-13-24)14-19-22-27-20-21-17-4-2-3-5-18(17)25(19)20/h2-9H,10-14H2,1H3. The summed E-state index contributed by atoms with van der Waals surface area (Å²) in [7, 11) is 1.70. The third-order valence-electron chi connectivity index (χ3n) is 5.20. The van der Waals surface area contributed by atoms with Crippen LogP contribution in [-0.2, 0) is 6.54 Å². The van der Waals surface area contributed by atoms with Crippen LogP contribution in [0.15, 0.2) is 48.5 Å². The van der Waals surface area contributed by atoms with Crippen LogP contribution in [0.5, 0.6) is 5.75 Å². The fourth-order valence-electron chi connectivity index (χ4n) is 3.71. The molecule has 2 aromatic heterocycles. The van der Waals surface area contributed by atoms with Gasteiger partial charge in [0.15, 0.2) is 0 Å². The first kappa shape index (κ1) is 16.5. The van der Waals surface area contributed by atoms with E-state index in [-0.39, 0.29) is 0 Å². The van der Waals surface area contributed by atoms with Crippen molar-refractivity contribution in [2.24, 2.45) is 0 Å². The lowest BCUT2D eigenvalue weighted by Gasteiger charge is -2.35. The molecular formula is C20H21N5OS. The summed E-state index contributed by atoms with van der Waals surface area (Å²) in [5, 5.41) is 0. The van der Waals surface area contributed by atoms with E-state index in [4.69, 9.17) is 4.74 Å². The topological polar surface area (TPSA) is 45.9 Å². The Kier molecular flexibility index (Phi) is 4.18. The summed E-state index contributed by atoms with van der Waals surface area (Å²) in [6.07, 6.45) is 0. The van der Waals surface area contributed by atoms with Crippen molar-refractivity contribution in [3.63, 3.8) is 0 Å². The molecule has 1 aliphatic heterocycles. The number of imidazole rings is 1. The van der Waals surface area contributed by atoms with E-state index in [1.165, 1.54) is 17.2 Å². The molecule has 0 unspecified atom stereocenters. The van der Waals surface area contributed by atoms with Gasteiger partial charge in [0.25, 0.3) is 0 Å². The Labute approximate surface area is 161 Å². The number of benzene rings is 2. The molecule has 0 radical (unpaired) electrons. The van der Waals surface area contributed by atoms with Gasteiger partial charge in [-0.3, -0.25) is 9.30 Å². The SMILES string of the molecule is COc1ccc(N2CCN(Cc3nsc4nc5ccccc5n34)CC2)cc1. The molecule has 138 valence electrons. The van der Waals surface area contributed by atoms with Crippen molar-refractivity contribution in [2.75, 3.05) is 38.2 Å². The Balaban J connectivity index is 1.30. The first-order chi connectivity index (χ1) is 13.3. The summed E-state index contributed by atoms with van der Waals surface area (Å²) >= 11 is 1.48.